The van der Waals surface area contributed by atoms with E-state index in [0.717, 1.165) is 3.57 Å². The smallest absolute Gasteiger partial charge is 0.124 e. The maximum atomic E-state index is 12.9. The Bertz CT molecular complexity index is 283. The number of nitrogens with two attached hydrogens (primary N) is 1. The molecule has 1 aromatic rings. The van der Waals surface area contributed by atoms with E-state index in [4.69, 9.17) is 5.73 Å². The van der Waals surface area contributed by atoms with Crippen LogP contribution in [-0.2, 0) is 0 Å². The van der Waals surface area contributed by atoms with Gasteiger partial charge in [0.2, 0.25) is 0 Å². The first-order valence-electron chi connectivity index (χ1n) is 3.90. The van der Waals surface area contributed by atoms with Crippen molar-refractivity contribution in [2.45, 2.75) is 19.1 Å². The first kappa shape index (κ1) is 10.9. The minimum absolute atomic E-state index is 0.321. The Morgan fingerprint density at radius 2 is 2.08 bits per heavy atom. The summed E-state index contributed by atoms with van der Waals surface area (Å²) in [7, 11) is 0. The van der Waals surface area contributed by atoms with Gasteiger partial charge in [0.15, 0.2) is 0 Å². The van der Waals surface area contributed by atoms with E-state index < -0.39 is 12.1 Å². The number of hydrogen-bond acceptors (Lipinski definition) is 2. The highest BCUT2D eigenvalue weighted by Gasteiger charge is 2.13. The summed E-state index contributed by atoms with van der Waals surface area (Å²) in [6.45, 7) is 1.59. The van der Waals surface area contributed by atoms with Crippen molar-refractivity contribution in [2.75, 3.05) is 0 Å². The summed E-state index contributed by atoms with van der Waals surface area (Å²) in [5.41, 5.74) is 6.28. The largest absolute Gasteiger partial charge is 0.391 e. The van der Waals surface area contributed by atoms with Gasteiger partial charge in [-0.3, -0.25) is 0 Å². The van der Waals surface area contributed by atoms with Crippen LogP contribution in [0.1, 0.15) is 18.5 Å². The molecule has 0 aliphatic rings. The molecule has 1 rings (SSSR count). The van der Waals surface area contributed by atoms with Crippen molar-refractivity contribution in [1.29, 1.82) is 0 Å². The molecule has 13 heavy (non-hydrogen) atoms. The standard InChI is InChI=1S/C9H11FINO/c1-5(13)9(12)6-2-7(10)4-8(11)3-6/h2-5,9,13H,12H2,1H3/t5-,9+/m1/s1. The third-order valence-electron chi connectivity index (χ3n) is 1.79. The predicted octanol–water partition coefficient (Wildman–Crippen LogP) is 1.81. The highest BCUT2D eigenvalue weighted by Crippen LogP contribution is 2.18. The van der Waals surface area contributed by atoms with Gasteiger partial charge in [-0.15, -0.1) is 0 Å². The van der Waals surface area contributed by atoms with E-state index in [1.807, 2.05) is 22.6 Å². The van der Waals surface area contributed by atoms with Crippen molar-refractivity contribution in [3.05, 3.63) is 33.1 Å². The van der Waals surface area contributed by atoms with Gasteiger partial charge in [0, 0.05) is 3.57 Å². The maximum absolute atomic E-state index is 12.9. The molecule has 2 atom stereocenters. The zero-order valence-electron chi connectivity index (χ0n) is 7.17. The molecule has 0 unspecified atom stereocenters. The van der Waals surface area contributed by atoms with Crippen LogP contribution >= 0.6 is 22.6 Å². The Kier molecular flexibility index (Phi) is 3.63. The molecule has 1 aromatic carbocycles. The van der Waals surface area contributed by atoms with E-state index in [1.54, 1.807) is 13.0 Å². The van der Waals surface area contributed by atoms with Crippen molar-refractivity contribution >= 4 is 22.6 Å². The molecule has 0 fully saturated rings. The molecule has 3 N–H and O–H groups in total. The fraction of sp³-hybridized carbons (Fsp3) is 0.333. The highest BCUT2D eigenvalue weighted by atomic mass is 127. The number of aliphatic hydroxyl groups excluding tert-OH is 1. The molecule has 4 heteroatoms. The number of rotatable bonds is 2. The van der Waals surface area contributed by atoms with Crippen LogP contribution in [0.5, 0.6) is 0 Å². The molecule has 0 aromatic heterocycles. The van der Waals surface area contributed by atoms with Gasteiger partial charge in [0.1, 0.15) is 5.82 Å². The topological polar surface area (TPSA) is 46.2 Å². The third-order valence-corrected chi connectivity index (χ3v) is 2.41. The zero-order chi connectivity index (χ0) is 10.0. The van der Waals surface area contributed by atoms with Crippen LogP contribution in [0.15, 0.2) is 18.2 Å². The second-order valence-corrected chi connectivity index (χ2v) is 4.21. The summed E-state index contributed by atoms with van der Waals surface area (Å²) in [6, 6.07) is 4.00. The van der Waals surface area contributed by atoms with Gasteiger partial charge in [0.05, 0.1) is 12.1 Å². The Morgan fingerprint density at radius 3 is 2.54 bits per heavy atom. The van der Waals surface area contributed by atoms with Crippen LogP contribution in [-0.4, -0.2) is 11.2 Å². The Labute approximate surface area is 90.1 Å². The molecule has 0 radical (unpaired) electrons. The van der Waals surface area contributed by atoms with Gasteiger partial charge in [-0.05, 0) is 53.3 Å². The summed E-state index contributed by atoms with van der Waals surface area (Å²) in [5, 5.41) is 9.21. The second kappa shape index (κ2) is 4.34. The lowest BCUT2D eigenvalue weighted by Crippen LogP contribution is -2.23. The van der Waals surface area contributed by atoms with Gasteiger partial charge in [-0.25, -0.2) is 4.39 Å². The number of aliphatic hydroxyl groups is 1. The van der Waals surface area contributed by atoms with Crippen LogP contribution in [0.4, 0.5) is 4.39 Å². The molecule has 0 aliphatic heterocycles. The lowest BCUT2D eigenvalue weighted by Gasteiger charge is -2.15. The van der Waals surface area contributed by atoms with Gasteiger partial charge in [-0.2, -0.15) is 0 Å². The first-order valence-corrected chi connectivity index (χ1v) is 4.98. The molecular weight excluding hydrogens is 284 g/mol. The van der Waals surface area contributed by atoms with E-state index in [1.165, 1.54) is 12.1 Å². The maximum Gasteiger partial charge on any atom is 0.124 e. The van der Waals surface area contributed by atoms with Gasteiger partial charge >= 0.3 is 0 Å². The summed E-state index contributed by atoms with van der Waals surface area (Å²) in [5.74, 6) is -0.321. The van der Waals surface area contributed by atoms with Crippen LogP contribution in [0.2, 0.25) is 0 Å². The van der Waals surface area contributed by atoms with Gasteiger partial charge < -0.3 is 10.8 Å². The lowest BCUT2D eigenvalue weighted by atomic mass is 10.0. The first-order chi connectivity index (χ1) is 6.00. The quantitative estimate of drug-likeness (QED) is 0.817. The van der Waals surface area contributed by atoms with Crippen LogP contribution in [0.3, 0.4) is 0 Å². The molecule has 0 aliphatic carbocycles. The van der Waals surface area contributed by atoms with Gasteiger partial charge in [-0.1, -0.05) is 0 Å². The van der Waals surface area contributed by atoms with Crippen molar-refractivity contribution in [1.82, 2.24) is 0 Å². The molecule has 72 valence electrons. The molecule has 0 heterocycles. The summed E-state index contributed by atoms with van der Waals surface area (Å²) in [4.78, 5) is 0. The molecule has 0 amide bonds. The normalized spacial score (nSPS) is 15.5. The lowest BCUT2D eigenvalue weighted by molar-refractivity contribution is 0.164. The van der Waals surface area contributed by atoms with Crippen molar-refractivity contribution in [3.8, 4) is 0 Å². The molecule has 0 spiro atoms. The Morgan fingerprint density at radius 1 is 1.46 bits per heavy atom. The average Bonchev–Trinajstić information content (AvgIpc) is 2.01. The summed E-state index contributed by atoms with van der Waals surface area (Å²) < 4.78 is 13.7. The summed E-state index contributed by atoms with van der Waals surface area (Å²) >= 11 is 2.01. The minimum Gasteiger partial charge on any atom is -0.391 e. The van der Waals surface area contributed by atoms with E-state index >= 15 is 0 Å². The second-order valence-electron chi connectivity index (χ2n) is 2.97. The van der Waals surface area contributed by atoms with E-state index in [-0.39, 0.29) is 5.82 Å². The van der Waals surface area contributed by atoms with E-state index in [2.05, 4.69) is 0 Å². The third kappa shape index (κ3) is 2.89. The zero-order valence-corrected chi connectivity index (χ0v) is 9.32. The van der Waals surface area contributed by atoms with E-state index in [9.17, 15) is 9.50 Å². The monoisotopic (exact) mass is 295 g/mol. The average molecular weight is 295 g/mol. The number of benzene rings is 1. The molecular formula is C9H11FINO. The van der Waals surface area contributed by atoms with Crippen LogP contribution in [0.25, 0.3) is 0 Å². The van der Waals surface area contributed by atoms with Crippen molar-refractivity contribution < 1.29 is 9.50 Å². The molecule has 0 saturated heterocycles. The molecule has 2 nitrogen and oxygen atoms in total. The van der Waals surface area contributed by atoms with Crippen molar-refractivity contribution in [3.63, 3.8) is 0 Å². The highest BCUT2D eigenvalue weighted by molar-refractivity contribution is 14.1. The molecule has 0 saturated carbocycles. The predicted molar refractivity (Wildman–Crippen MR) is 57.7 cm³/mol. The Balaban J connectivity index is 3.01. The number of halogens is 2. The summed E-state index contributed by atoms with van der Waals surface area (Å²) in [6.07, 6.45) is -0.669. The van der Waals surface area contributed by atoms with Crippen LogP contribution < -0.4 is 5.73 Å². The molecule has 0 bridgehead atoms. The van der Waals surface area contributed by atoms with Crippen LogP contribution in [0, 0.1) is 9.39 Å². The SMILES string of the molecule is C[C@@H](O)[C@H](N)c1cc(F)cc(I)c1. The fourth-order valence-corrected chi connectivity index (χ4v) is 1.70. The minimum atomic E-state index is -0.669. The van der Waals surface area contributed by atoms with Crippen molar-refractivity contribution in [2.24, 2.45) is 5.73 Å². The fourth-order valence-electron chi connectivity index (χ4n) is 1.05. The van der Waals surface area contributed by atoms with Gasteiger partial charge in [0.25, 0.3) is 0 Å². The Hall–Kier alpha value is -0.200. The number of hydrogen-bond donors (Lipinski definition) is 2. The van der Waals surface area contributed by atoms with E-state index in [0.29, 0.717) is 5.56 Å².